The highest BCUT2D eigenvalue weighted by Crippen LogP contribution is 2.24. The first kappa shape index (κ1) is 15.8. The van der Waals surface area contributed by atoms with Crippen LogP contribution in [0, 0.1) is 11.3 Å². The monoisotopic (exact) mass is 385 g/mol. The van der Waals surface area contributed by atoms with Crippen molar-refractivity contribution in [2.24, 2.45) is 0 Å². The minimum Gasteiger partial charge on any atom is -0.280 e. The normalized spacial score (nSPS) is 10.9. The van der Waals surface area contributed by atoms with Gasteiger partial charge in [-0.15, -0.1) is 0 Å². The van der Waals surface area contributed by atoms with Gasteiger partial charge in [-0.3, -0.25) is 4.72 Å². The molecule has 21 heavy (non-hydrogen) atoms. The molecule has 1 aromatic heterocycles. The van der Waals surface area contributed by atoms with Crippen molar-refractivity contribution in [3.8, 4) is 6.07 Å². The van der Waals surface area contributed by atoms with Crippen LogP contribution in [0.1, 0.15) is 5.56 Å². The molecule has 0 saturated heterocycles. The smallest absolute Gasteiger partial charge is 0.263 e. The number of anilines is 1. The molecule has 0 aliphatic carbocycles. The van der Waals surface area contributed by atoms with Gasteiger partial charge >= 0.3 is 0 Å². The van der Waals surface area contributed by atoms with E-state index < -0.39 is 10.0 Å². The maximum absolute atomic E-state index is 12.2. The summed E-state index contributed by atoms with van der Waals surface area (Å²) in [5.41, 5.74) is 1.22. The van der Waals surface area contributed by atoms with Gasteiger partial charge in [-0.2, -0.15) is 5.26 Å². The Labute approximate surface area is 135 Å². The van der Waals surface area contributed by atoms with Crippen LogP contribution >= 0.6 is 27.5 Å². The van der Waals surface area contributed by atoms with Crippen LogP contribution in [0.25, 0.3) is 0 Å². The van der Waals surface area contributed by atoms with Crippen LogP contribution in [0.4, 0.5) is 5.69 Å². The molecule has 5 nitrogen and oxygen atoms in total. The first-order chi connectivity index (χ1) is 9.92. The molecule has 1 aromatic carbocycles. The van der Waals surface area contributed by atoms with Gasteiger partial charge < -0.3 is 0 Å². The Balaban J connectivity index is 2.24. The number of benzene rings is 1. The number of rotatable bonds is 4. The van der Waals surface area contributed by atoms with Gasteiger partial charge in [-0.1, -0.05) is 23.7 Å². The highest BCUT2D eigenvalue weighted by atomic mass is 79.9. The summed E-state index contributed by atoms with van der Waals surface area (Å²) in [5, 5.41) is 8.78. The van der Waals surface area contributed by atoms with Gasteiger partial charge in [0.25, 0.3) is 10.0 Å². The molecule has 2 rings (SSSR count). The molecule has 0 unspecified atom stereocenters. The summed E-state index contributed by atoms with van der Waals surface area (Å²) in [6.07, 6.45) is 1.46. The molecule has 0 amide bonds. The number of nitrogens with one attached hydrogen (secondary N) is 1. The van der Waals surface area contributed by atoms with E-state index in [4.69, 9.17) is 16.9 Å². The van der Waals surface area contributed by atoms with Crippen LogP contribution in [-0.2, 0) is 16.4 Å². The van der Waals surface area contributed by atoms with Crippen molar-refractivity contribution >= 4 is 43.2 Å². The molecular formula is C13H9BrClN3O2S. The van der Waals surface area contributed by atoms with Gasteiger partial charge in [0.15, 0.2) is 0 Å². The number of sulfonamides is 1. The van der Waals surface area contributed by atoms with Gasteiger partial charge in [-0.05, 0) is 39.7 Å². The second-order valence-electron chi connectivity index (χ2n) is 4.08. The van der Waals surface area contributed by atoms with E-state index in [0.717, 1.165) is 5.56 Å². The predicted octanol–water partition coefficient (Wildman–Crippen LogP) is 3.36. The molecule has 0 saturated carbocycles. The quantitative estimate of drug-likeness (QED) is 0.817. The van der Waals surface area contributed by atoms with E-state index >= 15 is 0 Å². The van der Waals surface area contributed by atoms with Gasteiger partial charge in [0.2, 0.25) is 0 Å². The lowest BCUT2D eigenvalue weighted by atomic mass is 10.1. The van der Waals surface area contributed by atoms with E-state index in [1.54, 1.807) is 24.3 Å². The molecule has 1 N–H and O–H groups in total. The zero-order chi connectivity index (χ0) is 15.5. The highest BCUT2D eigenvalue weighted by Gasteiger charge is 2.16. The number of halogens is 2. The Morgan fingerprint density at radius 3 is 2.57 bits per heavy atom. The summed E-state index contributed by atoms with van der Waals surface area (Å²) < 4.78 is 27.3. The third-order valence-corrected chi connectivity index (χ3v) is 5.05. The van der Waals surface area contributed by atoms with E-state index in [1.807, 2.05) is 6.07 Å². The molecule has 0 fully saturated rings. The first-order valence-electron chi connectivity index (χ1n) is 5.72. The third-order valence-electron chi connectivity index (χ3n) is 2.57. The summed E-state index contributed by atoms with van der Waals surface area (Å²) in [5.74, 6) is 0. The van der Waals surface area contributed by atoms with E-state index in [-0.39, 0.29) is 16.5 Å². The fourth-order valence-corrected chi connectivity index (χ4v) is 3.18. The van der Waals surface area contributed by atoms with Crippen molar-refractivity contribution in [3.63, 3.8) is 0 Å². The number of nitriles is 1. The Hall–Kier alpha value is -1.62. The molecule has 0 bridgehead atoms. The van der Waals surface area contributed by atoms with Crippen LogP contribution in [0.15, 0.2) is 45.9 Å². The van der Waals surface area contributed by atoms with E-state index in [9.17, 15) is 8.42 Å². The number of aromatic nitrogens is 1. The Kier molecular flexibility index (Phi) is 4.83. The van der Waals surface area contributed by atoms with E-state index in [2.05, 4.69) is 25.6 Å². The Bertz CT molecular complexity index is 801. The van der Waals surface area contributed by atoms with Gasteiger partial charge in [0, 0.05) is 11.9 Å². The van der Waals surface area contributed by atoms with Gasteiger partial charge in [-0.25, -0.2) is 13.4 Å². The second kappa shape index (κ2) is 6.43. The maximum Gasteiger partial charge on any atom is 0.263 e. The van der Waals surface area contributed by atoms with Crippen molar-refractivity contribution in [2.75, 3.05) is 4.72 Å². The summed E-state index contributed by atoms with van der Waals surface area (Å²) in [6, 6.07) is 9.98. The summed E-state index contributed by atoms with van der Waals surface area (Å²) in [7, 11) is -3.74. The topological polar surface area (TPSA) is 82.9 Å². The third kappa shape index (κ3) is 3.94. The molecule has 2 aromatic rings. The van der Waals surface area contributed by atoms with Crippen molar-refractivity contribution in [3.05, 3.63) is 51.7 Å². The number of hydrogen-bond acceptors (Lipinski definition) is 4. The van der Waals surface area contributed by atoms with Crippen molar-refractivity contribution in [1.82, 2.24) is 4.98 Å². The lowest BCUT2D eigenvalue weighted by molar-refractivity contribution is 0.600. The van der Waals surface area contributed by atoms with Gasteiger partial charge in [0.05, 0.1) is 17.0 Å². The molecule has 0 atom stereocenters. The first-order valence-corrected chi connectivity index (χ1v) is 8.37. The molecular weight excluding hydrogens is 378 g/mol. The van der Waals surface area contributed by atoms with Crippen LogP contribution in [0.5, 0.6) is 0 Å². The average Bonchev–Trinajstić information content (AvgIpc) is 2.44. The fraction of sp³-hybridized carbons (Fsp3) is 0.0769. The van der Waals surface area contributed by atoms with Crippen LogP contribution in [0.3, 0.4) is 0 Å². The molecule has 0 spiro atoms. The zero-order valence-corrected chi connectivity index (χ0v) is 13.7. The molecule has 108 valence electrons. The standard InChI is InChI=1S/C13H9BrClN3O2S/c14-12-7-11(8-17-13(12)15)21(19,20)18-10-3-1-9(2-4-10)5-6-16/h1-4,7-8,18H,5H2. The second-order valence-corrected chi connectivity index (χ2v) is 6.98. The fourth-order valence-electron chi connectivity index (χ4n) is 1.55. The minimum absolute atomic E-state index is 0.000114. The van der Waals surface area contributed by atoms with Crippen LogP contribution in [0.2, 0.25) is 5.15 Å². The lowest BCUT2D eigenvalue weighted by Gasteiger charge is -2.08. The van der Waals surface area contributed by atoms with Crippen LogP contribution in [-0.4, -0.2) is 13.4 Å². The molecule has 0 radical (unpaired) electrons. The number of hydrogen-bond donors (Lipinski definition) is 1. The highest BCUT2D eigenvalue weighted by molar-refractivity contribution is 9.10. The minimum atomic E-state index is -3.74. The van der Waals surface area contributed by atoms with E-state index in [0.29, 0.717) is 10.2 Å². The summed E-state index contributed by atoms with van der Waals surface area (Å²) >= 11 is 8.87. The average molecular weight is 387 g/mol. The van der Waals surface area contributed by atoms with Crippen molar-refractivity contribution in [1.29, 1.82) is 5.26 Å². The SMILES string of the molecule is N#CCc1ccc(NS(=O)(=O)c2cnc(Cl)c(Br)c2)cc1. The number of nitrogens with zero attached hydrogens (tertiary/aromatic N) is 2. The Morgan fingerprint density at radius 2 is 2.00 bits per heavy atom. The number of pyridine rings is 1. The van der Waals surface area contributed by atoms with Crippen molar-refractivity contribution < 1.29 is 8.42 Å². The molecule has 8 heteroatoms. The summed E-state index contributed by atoms with van der Waals surface area (Å²) in [4.78, 5) is 3.79. The summed E-state index contributed by atoms with van der Waals surface area (Å²) in [6.45, 7) is 0. The van der Waals surface area contributed by atoms with E-state index in [1.165, 1.54) is 12.3 Å². The predicted molar refractivity (Wildman–Crippen MR) is 83.5 cm³/mol. The molecule has 0 aliphatic heterocycles. The lowest BCUT2D eigenvalue weighted by Crippen LogP contribution is -2.13. The van der Waals surface area contributed by atoms with Crippen molar-refractivity contribution in [2.45, 2.75) is 11.3 Å². The van der Waals surface area contributed by atoms with Crippen LogP contribution < -0.4 is 4.72 Å². The molecule has 0 aliphatic rings. The largest absolute Gasteiger partial charge is 0.280 e. The molecule has 1 heterocycles. The maximum atomic E-state index is 12.2. The van der Waals surface area contributed by atoms with Gasteiger partial charge in [0.1, 0.15) is 10.0 Å². The zero-order valence-electron chi connectivity index (χ0n) is 10.5. The Morgan fingerprint density at radius 1 is 1.33 bits per heavy atom.